The fraction of sp³-hybridized carbons (Fsp3) is 0.538. The van der Waals surface area contributed by atoms with Crippen LogP contribution in [-0.4, -0.2) is 47.6 Å². The Bertz CT molecular complexity index is 735. The number of hydrogen-bond acceptors (Lipinski definition) is 3. The average Bonchev–Trinajstić information content (AvgIpc) is 2.59. The lowest BCUT2D eigenvalue weighted by molar-refractivity contribution is -0.414. The highest BCUT2D eigenvalue weighted by molar-refractivity contribution is 5.36. The maximum atomic E-state index is 13.5. The highest BCUT2D eigenvalue weighted by Crippen LogP contribution is 2.58. The first-order valence-electron chi connectivity index (χ1n) is 6.87. The minimum atomic E-state index is -7.64. The molecule has 4 nitrogen and oxygen atoms in total. The Morgan fingerprint density at radius 1 is 0.828 bits per heavy atom. The second-order valence-electron chi connectivity index (χ2n) is 5.39. The maximum Gasteiger partial charge on any atom is 0.384 e. The number of non-ortho nitro benzene ring substituents is 1. The summed E-state index contributed by atoms with van der Waals surface area (Å²) in [5, 5.41) is 10.4. The summed E-state index contributed by atoms with van der Waals surface area (Å²) in [7, 11) is 0. The molecule has 16 heteroatoms. The van der Waals surface area contributed by atoms with Crippen LogP contribution in [0.15, 0.2) is 24.3 Å². The summed E-state index contributed by atoms with van der Waals surface area (Å²) in [5.74, 6) is -36.7. The van der Waals surface area contributed by atoms with E-state index in [1.165, 1.54) is 0 Å². The van der Waals surface area contributed by atoms with Crippen LogP contribution in [0.25, 0.3) is 0 Å². The van der Waals surface area contributed by atoms with Gasteiger partial charge in [-0.05, 0) is 12.1 Å². The second kappa shape index (κ2) is 7.44. The lowest BCUT2D eigenvalue weighted by Gasteiger charge is -2.38. The molecule has 0 atom stereocenters. The minimum absolute atomic E-state index is 0.546. The maximum absolute atomic E-state index is 13.5. The van der Waals surface area contributed by atoms with Gasteiger partial charge in [-0.25, -0.2) is 8.78 Å². The summed E-state index contributed by atoms with van der Waals surface area (Å²) in [6.45, 7) is -2.79. The number of halogens is 12. The molecule has 0 saturated heterocycles. The normalized spacial score (nSPS) is 14.2. The van der Waals surface area contributed by atoms with Crippen LogP contribution < -0.4 is 4.74 Å². The molecule has 0 amide bonds. The van der Waals surface area contributed by atoms with Crippen LogP contribution in [0.5, 0.6) is 5.75 Å². The van der Waals surface area contributed by atoms with E-state index in [1.807, 2.05) is 0 Å². The lowest BCUT2D eigenvalue weighted by Crippen LogP contribution is -2.69. The Balaban J connectivity index is 3.15. The third kappa shape index (κ3) is 4.01. The first-order chi connectivity index (χ1) is 12.8. The van der Waals surface area contributed by atoms with E-state index in [9.17, 15) is 62.8 Å². The fourth-order valence-electron chi connectivity index (χ4n) is 1.70. The Morgan fingerprint density at radius 3 is 1.66 bits per heavy atom. The molecule has 0 spiro atoms. The molecule has 1 rings (SSSR count). The number of nitro groups is 1. The first kappa shape index (κ1) is 24.6. The summed E-state index contributed by atoms with van der Waals surface area (Å²) in [4.78, 5) is 9.40. The molecule has 0 fully saturated rings. The van der Waals surface area contributed by atoms with Gasteiger partial charge in [-0.15, -0.1) is 0 Å². The Kier molecular flexibility index (Phi) is 6.31. The van der Waals surface area contributed by atoms with Gasteiger partial charge in [0.25, 0.3) is 5.69 Å². The quantitative estimate of drug-likeness (QED) is 0.285. The molecule has 166 valence electrons. The van der Waals surface area contributed by atoms with Gasteiger partial charge in [-0.2, -0.15) is 43.9 Å². The van der Waals surface area contributed by atoms with Crippen molar-refractivity contribution in [2.24, 2.45) is 0 Å². The van der Waals surface area contributed by atoms with Crippen molar-refractivity contribution in [3.8, 4) is 5.75 Å². The van der Waals surface area contributed by atoms with E-state index in [-0.39, 0.29) is 0 Å². The van der Waals surface area contributed by atoms with Crippen LogP contribution >= 0.6 is 0 Å². The summed E-state index contributed by atoms with van der Waals surface area (Å²) >= 11 is 0. The lowest BCUT2D eigenvalue weighted by atomic mass is 9.94. The minimum Gasteiger partial charge on any atom is -0.487 e. The Hall–Kier alpha value is -2.42. The third-order valence-corrected chi connectivity index (χ3v) is 3.41. The average molecular weight is 453 g/mol. The summed E-state index contributed by atoms with van der Waals surface area (Å²) < 4.78 is 160. The molecule has 29 heavy (non-hydrogen) atoms. The largest absolute Gasteiger partial charge is 0.487 e. The summed E-state index contributed by atoms with van der Waals surface area (Å²) in [6.07, 6.45) is -5.58. The van der Waals surface area contributed by atoms with Crippen molar-refractivity contribution in [3.63, 3.8) is 0 Å². The van der Waals surface area contributed by atoms with Crippen molar-refractivity contribution in [2.45, 2.75) is 36.0 Å². The van der Waals surface area contributed by atoms with E-state index < -0.39 is 59.0 Å². The van der Waals surface area contributed by atoms with Gasteiger partial charge in [0, 0.05) is 12.1 Å². The van der Waals surface area contributed by atoms with E-state index in [0.717, 1.165) is 0 Å². The molecular weight excluding hydrogens is 446 g/mol. The molecule has 0 heterocycles. The van der Waals surface area contributed by atoms with E-state index in [1.54, 1.807) is 0 Å². The van der Waals surface area contributed by atoms with Gasteiger partial charge in [0.15, 0.2) is 6.61 Å². The SMILES string of the molecule is O=[N+]([O-])c1ccc(OCC(F)(F)C(F)(F)C(F)(F)C(F)(F)C(F)(F)C(F)F)cc1. The highest BCUT2D eigenvalue weighted by Gasteiger charge is 2.87. The molecule has 1 aromatic rings. The Labute approximate surface area is 152 Å². The number of nitro benzene ring substituents is 1. The summed E-state index contributed by atoms with van der Waals surface area (Å²) in [6, 6.07) is 2.31. The highest BCUT2D eigenvalue weighted by atomic mass is 19.4. The predicted octanol–water partition coefficient (Wildman–Crippen LogP) is 5.42. The fourth-order valence-corrected chi connectivity index (χ4v) is 1.70. The molecule has 0 bridgehead atoms. The van der Waals surface area contributed by atoms with Crippen molar-refractivity contribution in [1.82, 2.24) is 0 Å². The molecule has 0 aliphatic rings. The van der Waals surface area contributed by atoms with Crippen molar-refractivity contribution in [1.29, 1.82) is 0 Å². The van der Waals surface area contributed by atoms with Crippen molar-refractivity contribution in [3.05, 3.63) is 34.4 Å². The van der Waals surface area contributed by atoms with E-state index >= 15 is 0 Å². The van der Waals surface area contributed by atoms with Gasteiger partial charge >= 0.3 is 36.0 Å². The molecule has 0 aromatic heterocycles. The van der Waals surface area contributed by atoms with Crippen LogP contribution in [0.1, 0.15) is 0 Å². The molecule has 0 unspecified atom stereocenters. The number of nitrogens with zero attached hydrogens (tertiary/aromatic N) is 1. The Morgan fingerprint density at radius 2 is 1.28 bits per heavy atom. The monoisotopic (exact) mass is 453 g/mol. The smallest absolute Gasteiger partial charge is 0.384 e. The zero-order valence-corrected chi connectivity index (χ0v) is 13.3. The zero-order valence-electron chi connectivity index (χ0n) is 13.3. The molecule has 1 aromatic carbocycles. The van der Waals surface area contributed by atoms with Crippen molar-refractivity contribution < 1.29 is 62.3 Å². The van der Waals surface area contributed by atoms with Crippen LogP contribution in [0.4, 0.5) is 58.4 Å². The standard InChI is InChI=1S/C13H7F12NO3/c14-8(15)10(18,19)12(22,23)13(24,25)11(20,21)9(16,17)5-29-7-3-1-6(2-4-7)26(27)28/h1-4,8H,5H2. The van der Waals surface area contributed by atoms with Crippen LogP contribution in [0, 0.1) is 10.1 Å². The number of alkyl halides is 12. The number of hydrogen-bond donors (Lipinski definition) is 0. The van der Waals surface area contributed by atoms with Crippen molar-refractivity contribution >= 4 is 5.69 Å². The van der Waals surface area contributed by atoms with Crippen LogP contribution in [0.3, 0.4) is 0 Å². The second-order valence-corrected chi connectivity index (χ2v) is 5.39. The van der Waals surface area contributed by atoms with E-state index in [2.05, 4.69) is 4.74 Å². The first-order valence-corrected chi connectivity index (χ1v) is 6.87. The molecule has 0 saturated carbocycles. The third-order valence-electron chi connectivity index (χ3n) is 3.41. The molecule has 0 aliphatic carbocycles. The zero-order chi connectivity index (χ0) is 23.1. The number of ether oxygens (including phenoxy) is 1. The predicted molar refractivity (Wildman–Crippen MR) is 69.3 cm³/mol. The van der Waals surface area contributed by atoms with Gasteiger partial charge in [0.1, 0.15) is 5.75 Å². The molecule has 0 N–H and O–H groups in total. The van der Waals surface area contributed by atoms with Gasteiger partial charge < -0.3 is 4.74 Å². The van der Waals surface area contributed by atoms with Gasteiger partial charge in [-0.3, -0.25) is 10.1 Å². The van der Waals surface area contributed by atoms with Crippen molar-refractivity contribution in [2.75, 3.05) is 6.61 Å². The topological polar surface area (TPSA) is 52.4 Å². The van der Waals surface area contributed by atoms with Crippen LogP contribution in [-0.2, 0) is 0 Å². The summed E-state index contributed by atoms with van der Waals surface area (Å²) in [5.41, 5.74) is -0.630. The molecular formula is C13H7F12NO3. The van der Waals surface area contributed by atoms with Crippen LogP contribution in [0.2, 0.25) is 0 Å². The molecule has 0 radical (unpaired) electrons. The molecule has 0 aliphatic heterocycles. The van der Waals surface area contributed by atoms with Gasteiger partial charge in [0.2, 0.25) is 0 Å². The number of benzene rings is 1. The van der Waals surface area contributed by atoms with E-state index in [0.29, 0.717) is 24.3 Å². The van der Waals surface area contributed by atoms with Gasteiger partial charge in [-0.1, -0.05) is 0 Å². The van der Waals surface area contributed by atoms with Gasteiger partial charge in [0.05, 0.1) is 4.92 Å². The number of rotatable bonds is 9. The van der Waals surface area contributed by atoms with E-state index in [4.69, 9.17) is 0 Å².